The van der Waals surface area contributed by atoms with Gasteiger partial charge in [0.1, 0.15) is 0 Å². The van der Waals surface area contributed by atoms with Crippen LogP contribution in [0.1, 0.15) is 49.4 Å². The maximum Gasteiger partial charge on any atom is 0.340 e. The second-order valence-electron chi connectivity index (χ2n) is 8.84. The zero-order chi connectivity index (χ0) is 26.5. The van der Waals surface area contributed by atoms with Crippen LogP contribution in [0.2, 0.25) is 5.02 Å². The Bertz CT molecular complexity index is 1320. The lowest BCUT2D eigenvalue weighted by molar-refractivity contribution is -0.129. The van der Waals surface area contributed by atoms with Crippen molar-refractivity contribution in [3.05, 3.63) is 53.1 Å². The molecule has 0 aromatic heterocycles. The van der Waals surface area contributed by atoms with Gasteiger partial charge in [-0.1, -0.05) is 30.9 Å². The van der Waals surface area contributed by atoms with Crippen molar-refractivity contribution in [2.24, 2.45) is 5.92 Å². The third-order valence-electron chi connectivity index (χ3n) is 5.95. The minimum absolute atomic E-state index is 0.0359. The van der Waals surface area contributed by atoms with E-state index in [4.69, 9.17) is 16.3 Å². The standard InChI is InChI=1S/C24H29ClN2O7S2/c1-16(23(28)26-15-17-6-4-3-5-7-17)34-24(29)21-14-20(12-13-22(21)25)36(32,33)27-18-8-10-19(11-9-18)35(2,30)31/h8-14,16-17,27H,3-7,15H2,1-2H3,(H,26,28)/t16-/m1/s1. The van der Waals surface area contributed by atoms with Crippen LogP contribution >= 0.6 is 11.6 Å². The topological polar surface area (TPSA) is 136 Å². The first-order chi connectivity index (χ1) is 16.9. The average molecular weight is 557 g/mol. The van der Waals surface area contributed by atoms with Crippen molar-refractivity contribution in [3.63, 3.8) is 0 Å². The van der Waals surface area contributed by atoms with Gasteiger partial charge in [0, 0.05) is 18.5 Å². The Morgan fingerprint density at radius 2 is 1.61 bits per heavy atom. The van der Waals surface area contributed by atoms with E-state index in [1.54, 1.807) is 0 Å². The maximum absolute atomic E-state index is 12.8. The number of anilines is 1. The normalized spacial score (nSPS) is 15.6. The summed E-state index contributed by atoms with van der Waals surface area (Å²) in [4.78, 5) is 24.9. The number of esters is 1. The molecule has 36 heavy (non-hydrogen) atoms. The van der Waals surface area contributed by atoms with E-state index in [1.165, 1.54) is 49.7 Å². The molecule has 2 aromatic carbocycles. The van der Waals surface area contributed by atoms with Crippen LogP contribution in [-0.4, -0.2) is 47.6 Å². The molecule has 196 valence electrons. The first-order valence-corrected chi connectivity index (χ1v) is 15.2. The number of hydrogen-bond donors (Lipinski definition) is 2. The fourth-order valence-electron chi connectivity index (χ4n) is 3.87. The fourth-order valence-corrected chi connectivity index (χ4v) is 5.78. The number of ether oxygens (including phenoxy) is 1. The summed E-state index contributed by atoms with van der Waals surface area (Å²) in [5.41, 5.74) is -0.0800. The van der Waals surface area contributed by atoms with Gasteiger partial charge in [0.25, 0.3) is 15.9 Å². The summed E-state index contributed by atoms with van der Waals surface area (Å²) in [5, 5.41) is 2.77. The van der Waals surface area contributed by atoms with E-state index in [0.717, 1.165) is 38.0 Å². The number of rotatable bonds is 9. The Kier molecular flexibility index (Phi) is 9.02. The van der Waals surface area contributed by atoms with Gasteiger partial charge in [0.2, 0.25) is 0 Å². The summed E-state index contributed by atoms with van der Waals surface area (Å²) in [6.07, 6.45) is 5.56. The smallest absolute Gasteiger partial charge is 0.340 e. The molecule has 3 rings (SSSR count). The van der Waals surface area contributed by atoms with E-state index in [-0.39, 0.29) is 26.1 Å². The van der Waals surface area contributed by atoms with Gasteiger partial charge in [-0.05, 0) is 68.1 Å². The largest absolute Gasteiger partial charge is 0.449 e. The summed E-state index contributed by atoms with van der Waals surface area (Å²) in [6, 6.07) is 8.70. The molecule has 0 heterocycles. The zero-order valence-corrected chi connectivity index (χ0v) is 22.4. The van der Waals surface area contributed by atoms with Gasteiger partial charge in [-0.15, -0.1) is 0 Å². The van der Waals surface area contributed by atoms with E-state index in [1.807, 2.05) is 0 Å². The third kappa shape index (κ3) is 7.44. The number of nitrogens with one attached hydrogen (secondary N) is 2. The number of carbonyl (C=O) groups is 2. The molecular formula is C24H29ClN2O7S2. The SMILES string of the molecule is C[C@@H](OC(=O)c1cc(S(=O)(=O)Nc2ccc(S(C)(=O)=O)cc2)ccc1Cl)C(=O)NCC1CCCCC1. The number of benzene rings is 2. The zero-order valence-electron chi connectivity index (χ0n) is 20.0. The second kappa shape index (κ2) is 11.6. The van der Waals surface area contributed by atoms with Crippen LogP contribution in [0, 0.1) is 5.92 Å². The monoisotopic (exact) mass is 556 g/mol. The van der Waals surface area contributed by atoms with Crippen LogP contribution in [0.25, 0.3) is 0 Å². The summed E-state index contributed by atoms with van der Waals surface area (Å²) >= 11 is 6.11. The minimum atomic E-state index is -4.15. The molecule has 12 heteroatoms. The Morgan fingerprint density at radius 1 is 1.00 bits per heavy atom. The molecule has 1 amide bonds. The first-order valence-electron chi connectivity index (χ1n) is 11.5. The van der Waals surface area contributed by atoms with Crippen molar-refractivity contribution in [3.8, 4) is 0 Å². The van der Waals surface area contributed by atoms with Gasteiger partial charge in [0.05, 0.1) is 20.4 Å². The van der Waals surface area contributed by atoms with Crippen LogP contribution in [0.15, 0.2) is 52.3 Å². The van der Waals surface area contributed by atoms with Crippen molar-refractivity contribution < 1.29 is 31.2 Å². The predicted molar refractivity (Wildman–Crippen MR) is 136 cm³/mol. The highest BCUT2D eigenvalue weighted by molar-refractivity contribution is 7.92. The van der Waals surface area contributed by atoms with Gasteiger partial charge in [-0.3, -0.25) is 9.52 Å². The molecule has 9 nitrogen and oxygen atoms in total. The Hall–Kier alpha value is -2.63. The average Bonchev–Trinajstić information content (AvgIpc) is 2.82. The number of hydrogen-bond acceptors (Lipinski definition) is 7. The molecule has 1 saturated carbocycles. The lowest BCUT2D eigenvalue weighted by Gasteiger charge is -2.22. The molecule has 0 aliphatic heterocycles. The molecule has 1 atom stereocenters. The maximum atomic E-state index is 12.8. The highest BCUT2D eigenvalue weighted by Crippen LogP contribution is 2.25. The second-order valence-corrected chi connectivity index (χ2v) is 12.9. The number of carbonyl (C=O) groups excluding carboxylic acids is 2. The van der Waals surface area contributed by atoms with Crippen LogP contribution in [0.3, 0.4) is 0 Å². The van der Waals surface area contributed by atoms with E-state index in [9.17, 15) is 26.4 Å². The summed E-state index contributed by atoms with van der Waals surface area (Å²) in [7, 11) is -7.58. The summed E-state index contributed by atoms with van der Waals surface area (Å²) in [6.45, 7) is 1.95. The molecule has 2 N–H and O–H groups in total. The van der Waals surface area contributed by atoms with Crippen molar-refractivity contribution in [2.45, 2.75) is 54.9 Å². The van der Waals surface area contributed by atoms with E-state index in [2.05, 4.69) is 10.0 Å². The van der Waals surface area contributed by atoms with Crippen molar-refractivity contribution in [1.82, 2.24) is 5.32 Å². The van der Waals surface area contributed by atoms with E-state index >= 15 is 0 Å². The molecule has 1 aliphatic rings. The van der Waals surface area contributed by atoms with Crippen molar-refractivity contribution in [2.75, 3.05) is 17.5 Å². The van der Waals surface area contributed by atoms with E-state index in [0.29, 0.717) is 12.5 Å². The van der Waals surface area contributed by atoms with Crippen molar-refractivity contribution in [1.29, 1.82) is 0 Å². The lowest BCUT2D eigenvalue weighted by Crippen LogP contribution is -2.38. The number of sulfonamides is 1. The Labute approximate surface area is 216 Å². The van der Waals surface area contributed by atoms with Crippen LogP contribution in [-0.2, 0) is 29.4 Å². The number of halogens is 1. The molecule has 1 fully saturated rings. The van der Waals surface area contributed by atoms with E-state index < -0.39 is 37.8 Å². The van der Waals surface area contributed by atoms with Crippen LogP contribution < -0.4 is 10.0 Å². The van der Waals surface area contributed by atoms with Gasteiger partial charge in [0.15, 0.2) is 15.9 Å². The molecule has 0 bridgehead atoms. The van der Waals surface area contributed by atoms with Crippen LogP contribution in [0.5, 0.6) is 0 Å². The molecule has 2 aromatic rings. The Morgan fingerprint density at radius 3 is 2.22 bits per heavy atom. The lowest BCUT2D eigenvalue weighted by atomic mass is 9.89. The molecular weight excluding hydrogens is 528 g/mol. The van der Waals surface area contributed by atoms with Gasteiger partial charge in [-0.2, -0.15) is 0 Å². The highest BCUT2D eigenvalue weighted by atomic mass is 35.5. The van der Waals surface area contributed by atoms with Gasteiger partial charge in [-0.25, -0.2) is 21.6 Å². The predicted octanol–water partition coefficient (Wildman–Crippen LogP) is 3.79. The first kappa shape index (κ1) is 27.9. The molecule has 0 saturated heterocycles. The molecule has 0 spiro atoms. The molecule has 0 radical (unpaired) electrons. The fraction of sp³-hybridized carbons (Fsp3) is 0.417. The Balaban J connectivity index is 1.67. The summed E-state index contributed by atoms with van der Waals surface area (Å²) < 4.78 is 56.4. The molecule has 0 unspecified atom stereocenters. The van der Waals surface area contributed by atoms with Crippen molar-refractivity contribution >= 4 is 49.0 Å². The third-order valence-corrected chi connectivity index (χ3v) is 8.78. The number of sulfone groups is 1. The van der Waals surface area contributed by atoms with Gasteiger partial charge >= 0.3 is 5.97 Å². The highest BCUT2D eigenvalue weighted by Gasteiger charge is 2.24. The number of amides is 1. The quantitative estimate of drug-likeness (QED) is 0.448. The van der Waals surface area contributed by atoms with Crippen LogP contribution in [0.4, 0.5) is 5.69 Å². The minimum Gasteiger partial charge on any atom is -0.449 e. The summed E-state index contributed by atoms with van der Waals surface area (Å²) in [5.74, 6) is -0.958. The van der Waals surface area contributed by atoms with Gasteiger partial charge < -0.3 is 10.1 Å². The molecule has 1 aliphatic carbocycles.